The van der Waals surface area contributed by atoms with Crippen molar-refractivity contribution in [1.29, 1.82) is 0 Å². The molecule has 1 aliphatic heterocycles. The molecule has 1 rings (SSSR count). The molecule has 0 aromatic heterocycles. The molecule has 0 saturated carbocycles. The average molecular weight is 207 g/mol. The van der Waals surface area contributed by atoms with Crippen LogP contribution in [-0.2, 0) is 10.2 Å². The van der Waals surface area contributed by atoms with Gasteiger partial charge in [-0.2, -0.15) is 12.7 Å². The van der Waals surface area contributed by atoms with Crippen molar-refractivity contribution in [2.45, 2.75) is 12.8 Å². The molecule has 5 nitrogen and oxygen atoms in total. The van der Waals surface area contributed by atoms with Crippen LogP contribution in [0.25, 0.3) is 0 Å². The van der Waals surface area contributed by atoms with E-state index in [9.17, 15) is 8.42 Å². The first-order chi connectivity index (χ1) is 6.00. The van der Waals surface area contributed by atoms with Crippen molar-refractivity contribution in [1.82, 2.24) is 9.62 Å². The molecule has 6 heteroatoms. The van der Waals surface area contributed by atoms with Crippen molar-refractivity contribution < 1.29 is 8.42 Å². The van der Waals surface area contributed by atoms with E-state index in [4.69, 9.17) is 5.14 Å². The molecular weight excluding hydrogens is 190 g/mol. The summed E-state index contributed by atoms with van der Waals surface area (Å²) in [5.41, 5.74) is 0. The van der Waals surface area contributed by atoms with Gasteiger partial charge in [-0.15, -0.1) is 0 Å². The number of nitrogens with one attached hydrogen (secondary N) is 1. The van der Waals surface area contributed by atoms with Crippen molar-refractivity contribution in [2.24, 2.45) is 11.1 Å². The molecule has 1 fully saturated rings. The lowest BCUT2D eigenvalue weighted by Gasteiger charge is -2.26. The highest BCUT2D eigenvalue weighted by Gasteiger charge is 2.19. The van der Waals surface area contributed by atoms with E-state index in [1.54, 1.807) is 0 Å². The van der Waals surface area contributed by atoms with E-state index in [2.05, 4.69) is 5.32 Å². The first kappa shape index (κ1) is 10.9. The quantitative estimate of drug-likeness (QED) is 0.631. The van der Waals surface area contributed by atoms with E-state index < -0.39 is 10.2 Å². The molecule has 13 heavy (non-hydrogen) atoms. The van der Waals surface area contributed by atoms with E-state index in [0.717, 1.165) is 25.9 Å². The zero-order chi connectivity index (χ0) is 9.90. The second-order valence-corrected chi connectivity index (χ2v) is 5.19. The van der Waals surface area contributed by atoms with E-state index in [1.807, 2.05) is 0 Å². The molecule has 1 atom stereocenters. The van der Waals surface area contributed by atoms with Gasteiger partial charge in [0.1, 0.15) is 0 Å². The fraction of sp³-hybridized carbons (Fsp3) is 1.00. The van der Waals surface area contributed by atoms with Crippen LogP contribution in [0.1, 0.15) is 12.8 Å². The van der Waals surface area contributed by atoms with E-state index in [-0.39, 0.29) is 0 Å². The Labute approximate surface area is 79.5 Å². The van der Waals surface area contributed by atoms with Gasteiger partial charge >= 0.3 is 0 Å². The Morgan fingerprint density at radius 1 is 1.62 bits per heavy atom. The lowest BCUT2D eigenvalue weighted by molar-refractivity contribution is 0.315. The predicted octanol–water partition coefficient (Wildman–Crippen LogP) is -0.879. The molecule has 3 N–H and O–H groups in total. The molecule has 0 spiro atoms. The van der Waals surface area contributed by atoms with Crippen LogP contribution in [0.4, 0.5) is 0 Å². The van der Waals surface area contributed by atoms with E-state index in [1.165, 1.54) is 11.4 Å². The zero-order valence-corrected chi connectivity index (χ0v) is 8.68. The van der Waals surface area contributed by atoms with Gasteiger partial charge in [0.15, 0.2) is 0 Å². The lowest BCUT2D eigenvalue weighted by Crippen LogP contribution is -2.41. The lowest BCUT2D eigenvalue weighted by atomic mass is 10.00. The predicted molar refractivity (Wildman–Crippen MR) is 51.3 cm³/mol. The summed E-state index contributed by atoms with van der Waals surface area (Å²) >= 11 is 0. The van der Waals surface area contributed by atoms with Crippen molar-refractivity contribution in [3.8, 4) is 0 Å². The Hall–Kier alpha value is -0.170. The van der Waals surface area contributed by atoms with Crippen LogP contribution in [-0.4, -0.2) is 39.4 Å². The maximum atomic E-state index is 10.9. The third kappa shape index (κ3) is 3.60. The number of hydrogen-bond acceptors (Lipinski definition) is 3. The minimum absolute atomic E-state index is 0.400. The summed E-state index contributed by atoms with van der Waals surface area (Å²) < 4.78 is 23.0. The summed E-state index contributed by atoms with van der Waals surface area (Å²) in [4.78, 5) is 0. The fourth-order valence-electron chi connectivity index (χ4n) is 1.55. The molecule has 1 aliphatic rings. The maximum Gasteiger partial charge on any atom is 0.276 e. The van der Waals surface area contributed by atoms with Crippen LogP contribution in [0.3, 0.4) is 0 Å². The fourth-order valence-corrected chi connectivity index (χ4v) is 1.97. The summed E-state index contributed by atoms with van der Waals surface area (Å²) in [6, 6.07) is 0. The van der Waals surface area contributed by atoms with Crippen molar-refractivity contribution in [3.05, 3.63) is 0 Å². The van der Waals surface area contributed by atoms with Crippen LogP contribution in [0.5, 0.6) is 0 Å². The Bertz CT molecular complexity index is 246. The van der Waals surface area contributed by atoms with Crippen LogP contribution in [0.2, 0.25) is 0 Å². The second kappa shape index (κ2) is 4.36. The van der Waals surface area contributed by atoms with Crippen molar-refractivity contribution in [3.63, 3.8) is 0 Å². The van der Waals surface area contributed by atoms with E-state index >= 15 is 0 Å². The highest BCUT2D eigenvalue weighted by Crippen LogP contribution is 2.11. The highest BCUT2D eigenvalue weighted by molar-refractivity contribution is 7.86. The van der Waals surface area contributed by atoms with Crippen LogP contribution < -0.4 is 10.5 Å². The number of rotatable bonds is 3. The van der Waals surface area contributed by atoms with E-state index in [0.29, 0.717) is 12.5 Å². The molecule has 0 aliphatic carbocycles. The second-order valence-electron chi connectivity index (χ2n) is 3.54. The Morgan fingerprint density at radius 3 is 2.77 bits per heavy atom. The topological polar surface area (TPSA) is 75.4 Å². The van der Waals surface area contributed by atoms with Gasteiger partial charge in [-0.1, -0.05) is 0 Å². The molecule has 0 amide bonds. The molecule has 0 aromatic carbocycles. The number of hydrogen-bond donors (Lipinski definition) is 2. The third-order valence-corrected chi connectivity index (χ3v) is 3.37. The summed E-state index contributed by atoms with van der Waals surface area (Å²) in [5.74, 6) is 0.400. The summed E-state index contributed by atoms with van der Waals surface area (Å²) in [6.07, 6.45) is 2.19. The molecule has 1 saturated heterocycles. The smallest absolute Gasteiger partial charge is 0.276 e. The van der Waals surface area contributed by atoms with Crippen molar-refractivity contribution in [2.75, 3.05) is 26.7 Å². The Balaban J connectivity index is 2.39. The molecule has 0 aromatic rings. The van der Waals surface area contributed by atoms with Gasteiger partial charge in [0.25, 0.3) is 10.2 Å². The van der Waals surface area contributed by atoms with Gasteiger partial charge in [-0.3, -0.25) is 0 Å². The van der Waals surface area contributed by atoms with Gasteiger partial charge in [0, 0.05) is 13.6 Å². The molecule has 78 valence electrons. The largest absolute Gasteiger partial charge is 0.316 e. The third-order valence-electron chi connectivity index (χ3n) is 2.35. The SMILES string of the molecule is CN(CC1CCCNC1)S(N)(=O)=O. The van der Waals surface area contributed by atoms with Gasteiger partial charge in [0.2, 0.25) is 0 Å². The summed E-state index contributed by atoms with van der Waals surface area (Å²) in [6.45, 7) is 2.45. The normalized spacial score (nSPS) is 25.0. The molecule has 1 unspecified atom stereocenters. The van der Waals surface area contributed by atoms with Crippen LogP contribution >= 0.6 is 0 Å². The zero-order valence-electron chi connectivity index (χ0n) is 7.86. The standard InChI is InChI=1S/C7H17N3O2S/c1-10(13(8,11)12)6-7-3-2-4-9-5-7/h7,9H,2-6H2,1H3,(H2,8,11,12). The minimum atomic E-state index is -3.50. The number of nitrogens with two attached hydrogens (primary N) is 1. The van der Waals surface area contributed by atoms with Crippen LogP contribution in [0.15, 0.2) is 0 Å². The van der Waals surface area contributed by atoms with Gasteiger partial charge in [-0.25, -0.2) is 5.14 Å². The van der Waals surface area contributed by atoms with Gasteiger partial charge in [0.05, 0.1) is 0 Å². The van der Waals surface area contributed by atoms with Gasteiger partial charge < -0.3 is 5.32 Å². The molecular formula is C7H17N3O2S. The first-order valence-electron chi connectivity index (χ1n) is 4.45. The Morgan fingerprint density at radius 2 is 2.31 bits per heavy atom. The number of nitrogens with zero attached hydrogens (tertiary/aromatic N) is 1. The molecule has 0 radical (unpaired) electrons. The molecule has 0 bridgehead atoms. The monoisotopic (exact) mass is 207 g/mol. The summed E-state index contributed by atoms with van der Waals surface area (Å²) in [5, 5.41) is 8.20. The Kier molecular flexibility index (Phi) is 3.66. The average Bonchev–Trinajstić information content (AvgIpc) is 2.04. The summed E-state index contributed by atoms with van der Waals surface area (Å²) in [7, 11) is -1.98. The van der Waals surface area contributed by atoms with Gasteiger partial charge in [-0.05, 0) is 31.8 Å². The van der Waals surface area contributed by atoms with Crippen molar-refractivity contribution >= 4 is 10.2 Å². The molecule has 1 heterocycles. The maximum absolute atomic E-state index is 10.9. The highest BCUT2D eigenvalue weighted by atomic mass is 32.2. The number of piperidine rings is 1. The van der Waals surface area contributed by atoms with Crippen LogP contribution in [0, 0.1) is 5.92 Å². The first-order valence-corrected chi connectivity index (χ1v) is 5.95. The minimum Gasteiger partial charge on any atom is -0.316 e.